The summed E-state index contributed by atoms with van der Waals surface area (Å²) in [5.74, 6) is 0. The van der Waals surface area contributed by atoms with Crippen LogP contribution in [0.2, 0.25) is 0 Å². The van der Waals surface area contributed by atoms with Gasteiger partial charge in [-0.05, 0) is 0 Å². The molecule has 0 atom stereocenters. The number of quaternary nitrogens is 1. The van der Waals surface area contributed by atoms with Gasteiger partial charge in [0.25, 0.3) is 0 Å². The molecule has 0 aromatic carbocycles. The van der Waals surface area contributed by atoms with Crippen molar-refractivity contribution in [1.82, 2.24) is 4.31 Å². The normalized spacial score (nSPS) is 22.9. The Labute approximate surface area is 61.3 Å². The molecule has 2 N–H and O–H groups in total. The third kappa shape index (κ3) is 1.93. The van der Waals surface area contributed by atoms with Crippen molar-refractivity contribution < 1.29 is 13.7 Å². The predicted octanol–water partition coefficient (Wildman–Crippen LogP) is -2.17. The van der Waals surface area contributed by atoms with Gasteiger partial charge in [-0.2, -0.15) is 4.31 Å². The van der Waals surface area contributed by atoms with Crippen LogP contribution in [0.1, 0.15) is 0 Å². The van der Waals surface area contributed by atoms with Gasteiger partial charge >= 0.3 is 0 Å². The molecule has 1 aliphatic heterocycles. The summed E-state index contributed by atoms with van der Waals surface area (Å²) in [5, 5.41) is 2.13. The zero-order valence-corrected chi connectivity index (χ0v) is 6.89. The van der Waals surface area contributed by atoms with E-state index in [4.69, 9.17) is 0 Å². The molecule has 5 heteroatoms. The van der Waals surface area contributed by atoms with E-state index in [-0.39, 0.29) is 0 Å². The van der Waals surface area contributed by atoms with E-state index in [1.807, 2.05) is 0 Å². The first-order valence-electron chi connectivity index (χ1n) is 3.37. The zero-order valence-electron chi connectivity index (χ0n) is 6.08. The first-order chi connectivity index (χ1) is 4.61. The lowest BCUT2D eigenvalue weighted by atomic mass is 10.4. The molecular weight excluding hydrogens is 152 g/mol. The Morgan fingerprint density at radius 2 is 1.80 bits per heavy atom. The highest BCUT2D eigenvalue weighted by molar-refractivity contribution is 7.88. The lowest BCUT2D eigenvalue weighted by Gasteiger charge is -2.22. The Bertz CT molecular complexity index is 194. The highest BCUT2D eigenvalue weighted by Crippen LogP contribution is 1.95. The Kier molecular flexibility index (Phi) is 2.28. The van der Waals surface area contributed by atoms with Gasteiger partial charge in [0, 0.05) is 0 Å². The fourth-order valence-corrected chi connectivity index (χ4v) is 1.93. The van der Waals surface area contributed by atoms with E-state index in [0.29, 0.717) is 13.1 Å². The second kappa shape index (κ2) is 2.86. The van der Waals surface area contributed by atoms with Crippen molar-refractivity contribution >= 4 is 10.0 Å². The van der Waals surface area contributed by atoms with E-state index >= 15 is 0 Å². The zero-order chi connectivity index (χ0) is 7.61. The number of hydrogen-bond acceptors (Lipinski definition) is 2. The Hall–Kier alpha value is -0.130. The van der Waals surface area contributed by atoms with Gasteiger partial charge in [0.05, 0.1) is 32.4 Å². The third-order valence-electron chi connectivity index (χ3n) is 1.63. The van der Waals surface area contributed by atoms with Crippen molar-refractivity contribution in [3.8, 4) is 0 Å². The summed E-state index contributed by atoms with van der Waals surface area (Å²) in [6.07, 6.45) is 1.26. The second-order valence-corrected chi connectivity index (χ2v) is 4.51. The van der Waals surface area contributed by atoms with E-state index in [1.54, 1.807) is 0 Å². The van der Waals surface area contributed by atoms with Crippen LogP contribution < -0.4 is 5.32 Å². The van der Waals surface area contributed by atoms with E-state index in [9.17, 15) is 8.42 Å². The average Bonchev–Trinajstić information content (AvgIpc) is 1.88. The molecule has 0 bridgehead atoms. The van der Waals surface area contributed by atoms with E-state index < -0.39 is 10.0 Å². The monoisotopic (exact) mass is 165 g/mol. The number of piperazine rings is 1. The molecule has 0 unspecified atom stereocenters. The standard InChI is InChI=1S/C5H12N2O2S/c1-10(8,9)7-4-2-6-3-5-7/h6H,2-5H2,1H3/p+1. The Morgan fingerprint density at radius 1 is 1.30 bits per heavy atom. The number of rotatable bonds is 1. The molecule has 4 nitrogen and oxygen atoms in total. The largest absolute Gasteiger partial charge is 0.344 e. The molecule has 0 amide bonds. The lowest BCUT2D eigenvalue weighted by Crippen LogP contribution is -2.89. The number of sulfonamides is 1. The van der Waals surface area contributed by atoms with Gasteiger partial charge in [-0.15, -0.1) is 0 Å². The van der Waals surface area contributed by atoms with Crippen molar-refractivity contribution in [1.29, 1.82) is 0 Å². The minimum absolute atomic E-state index is 0.666. The van der Waals surface area contributed by atoms with Gasteiger partial charge in [0.1, 0.15) is 0 Å². The summed E-state index contributed by atoms with van der Waals surface area (Å²) in [6, 6.07) is 0. The topological polar surface area (TPSA) is 54.0 Å². The fourth-order valence-electron chi connectivity index (χ4n) is 1.06. The molecule has 0 spiro atoms. The fraction of sp³-hybridized carbons (Fsp3) is 1.00. The van der Waals surface area contributed by atoms with Crippen molar-refractivity contribution in [3.05, 3.63) is 0 Å². The first kappa shape index (κ1) is 7.97. The van der Waals surface area contributed by atoms with E-state index in [2.05, 4.69) is 5.32 Å². The molecule has 1 fully saturated rings. The predicted molar refractivity (Wildman–Crippen MR) is 38.1 cm³/mol. The van der Waals surface area contributed by atoms with Crippen LogP contribution in [0, 0.1) is 0 Å². The lowest BCUT2D eigenvalue weighted by molar-refractivity contribution is -0.661. The van der Waals surface area contributed by atoms with Gasteiger partial charge in [-0.3, -0.25) is 0 Å². The van der Waals surface area contributed by atoms with Gasteiger partial charge in [0.15, 0.2) is 0 Å². The van der Waals surface area contributed by atoms with Crippen LogP contribution in [-0.4, -0.2) is 45.2 Å². The molecule has 10 heavy (non-hydrogen) atoms. The molecule has 1 heterocycles. The van der Waals surface area contributed by atoms with Crippen molar-refractivity contribution in [2.24, 2.45) is 0 Å². The quantitative estimate of drug-likeness (QED) is 0.480. The molecule has 1 saturated heterocycles. The molecule has 0 aromatic heterocycles. The Morgan fingerprint density at radius 3 is 2.10 bits per heavy atom. The SMILES string of the molecule is CS(=O)(=O)N1CC[NH2+]CC1. The summed E-state index contributed by atoms with van der Waals surface area (Å²) in [5.41, 5.74) is 0. The highest BCUT2D eigenvalue weighted by Gasteiger charge is 2.19. The molecule has 1 aliphatic rings. The highest BCUT2D eigenvalue weighted by atomic mass is 32.2. The van der Waals surface area contributed by atoms with E-state index in [0.717, 1.165) is 13.1 Å². The molecule has 0 saturated carbocycles. The molecular formula is C5H13N2O2S+. The molecule has 0 aliphatic carbocycles. The van der Waals surface area contributed by atoms with Crippen molar-refractivity contribution in [2.45, 2.75) is 0 Å². The van der Waals surface area contributed by atoms with Crippen LogP contribution in [0.15, 0.2) is 0 Å². The molecule has 0 aromatic rings. The second-order valence-electron chi connectivity index (χ2n) is 2.53. The van der Waals surface area contributed by atoms with Crippen LogP contribution in [0.4, 0.5) is 0 Å². The molecule has 60 valence electrons. The van der Waals surface area contributed by atoms with Crippen molar-refractivity contribution in [2.75, 3.05) is 32.4 Å². The van der Waals surface area contributed by atoms with Gasteiger partial charge < -0.3 is 5.32 Å². The number of nitrogens with two attached hydrogens (primary N) is 1. The summed E-state index contributed by atoms with van der Waals surface area (Å²) in [4.78, 5) is 0. The number of hydrogen-bond donors (Lipinski definition) is 1. The molecule has 0 radical (unpaired) electrons. The minimum atomic E-state index is -2.91. The Balaban J connectivity index is 2.56. The maximum atomic E-state index is 10.9. The van der Waals surface area contributed by atoms with Crippen molar-refractivity contribution in [3.63, 3.8) is 0 Å². The average molecular weight is 165 g/mol. The third-order valence-corrected chi connectivity index (χ3v) is 2.94. The van der Waals surface area contributed by atoms with Crippen LogP contribution >= 0.6 is 0 Å². The van der Waals surface area contributed by atoms with Gasteiger partial charge in [-0.1, -0.05) is 0 Å². The van der Waals surface area contributed by atoms with Crippen LogP contribution in [0.5, 0.6) is 0 Å². The smallest absolute Gasteiger partial charge is 0.211 e. The van der Waals surface area contributed by atoms with Crippen LogP contribution in [-0.2, 0) is 10.0 Å². The van der Waals surface area contributed by atoms with E-state index in [1.165, 1.54) is 10.6 Å². The summed E-state index contributed by atoms with van der Waals surface area (Å²) in [7, 11) is -2.91. The van der Waals surface area contributed by atoms with Gasteiger partial charge in [0.2, 0.25) is 10.0 Å². The minimum Gasteiger partial charge on any atom is -0.344 e. The summed E-state index contributed by atoms with van der Waals surface area (Å²) in [6.45, 7) is 3.12. The molecule has 1 rings (SSSR count). The van der Waals surface area contributed by atoms with Crippen LogP contribution in [0.3, 0.4) is 0 Å². The maximum Gasteiger partial charge on any atom is 0.211 e. The number of nitrogens with zero attached hydrogens (tertiary/aromatic N) is 1. The first-order valence-corrected chi connectivity index (χ1v) is 5.22. The maximum absolute atomic E-state index is 10.9. The van der Waals surface area contributed by atoms with Gasteiger partial charge in [-0.25, -0.2) is 8.42 Å². The summed E-state index contributed by atoms with van der Waals surface area (Å²) >= 11 is 0. The van der Waals surface area contributed by atoms with Crippen LogP contribution in [0.25, 0.3) is 0 Å². The summed E-state index contributed by atoms with van der Waals surface area (Å²) < 4.78 is 23.3.